The van der Waals surface area contributed by atoms with Gasteiger partial charge in [0.15, 0.2) is 0 Å². The standard InChI is InChI=1S/C15H19N5O2/c1-11-7-17-20(8-11)10-14(21)19-6-2-3-12(9-19)13-4-5-16-15(22)18-13/h4-5,7-8,12H,2-3,6,9-10H2,1H3,(H,16,18,22)/t12-/m0/s1. The van der Waals surface area contributed by atoms with Crippen molar-refractivity contribution in [3.8, 4) is 0 Å². The number of carbonyl (C=O) groups excluding carboxylic acids is 1. The second kappa shape index (κ2) is 6.13. The van der Waals surface area contributed by atoms with Crippen LogP contribution in [0, 0.1) is 6.92 Å². The third kappa shape index (κ3) is 3.24. The number of amides is 1. The summed E-state index contributed by atoms with van der Waals surface area (Å²) in [6.07, 6.45) is 7.01. The molecule has 1 N–H and O–H groups in total. The summed E-state index contributed by atoms with van der Waals surface area (Å²) >= 11 is 0. The van der Waals surface area contributed by atoms with E-state index in [0.29, 0.717) is 6.54 Å². The lowest BCUT2D eigenvalue weighted by Crippen LogP contribution is -2.41. The number of nitrogens with zero attached hydrogens (tertiary/aromatic N) is 4. The summed E-state index contributed by atoms with van der Waals surface area (Å²) < 4.78 is 1.66. The first-order chi connectivity index (χ1) is 10.6. The normalized spacial score (nSPS) is 18.4. The largest absolute Gasteiger partial charge is 0.345 e. The highest BCUT2D eigenvalue weighted by Gasteiger charge is 2.25. The number of H-pyrrole nitrogens is 1. The number of hydrogen-bond donors (Lipinski definition) is 1. The minimum absolute atomic E-state index is 0.0594. The summed E-state index contributed by atoms with van der Waals surface area (Å²) in [6.45, 7) is 3.59. The van der Waals surface area contributed by atoms with Crippen LogP contribution in [0.3, 0.4) is 0 Å². The number of carbonyl (C=O) groups is 1. The Morgan fingerprint density at radius 3 is 3.09 bits per heavy atom. The van der Waals surface area contributed by atoms with Gasteiger partial charge < -0.3 is 9.88 Å². The monoisotopic (exact) mass is 301 g/mol. The molecule has 0 saturated carbocycles. The molecule has 0 aliphatic carbocycles. The van der Waals surface area contributed by atoms with Crippen LogP contribution in [0.2, 0.25) is 0 Å². The molecule has 0 spiro atoms. The smallest absolute Gasteiger partial charge is 0.340 e. The summed E-state index contributed by atoms with van der Waals surface area (Å²) in [5, 5.41) is 4.15. The van der Waals surface area contributed by atoms with Crippen molar-refractivity contribution in [2.45, 2.75) is 32.2 Å². The molecule has 3 heterocycles. The zero-order valence-corrected chi connectivity index (χ0v) is 12.5. The van der Waals surface area contributed by atoms with E-state index in [2.05, 4.69) is 15.1 Å². The fourth-order valence-electron chi connectivity index (χ4n) is 2.87. The number of nitrogens with one attached hydrogen (secondary N) is 1. The first-order valence-electron chi connectivity index (χ1n) is 7.44. The molecule has 1 atom stereocenters. The summed E-state index contributed by atoms with van der Waals surface area (Å²) in [6, 6.07) is 1.82. The van der Waals surface area contributed by atoms with Gasteiger partial charge in [-0.25, -0.2) is 9.78 Å². The summed E-state index contributed by atoms with van der Waals surface area (Å²) in [7, 11) is 0. The van der Waals surface area contributed by atoms with Gasteiger partial charge in [-0.15, -0.1) is 0 Å². The van der Waals surface area contributed by atoms with Crippen molar-refractivity contribution in [2.24, 2.45) is 0 Å². The van der Waals surface area contributed by atoms with Crippen LogP contribution in [0.5, 0.6) is 0 Å². The molecule has 1 saturated heterocycles. The average Bonchev–Trinajstić information content (AvgIpc) is 2.92. The van der Waals surface area contributed by atoms with E-state index in [1.807, 2.05) is 24.1 Å². The number of aromatic nitrogens is 4. The quantitative estimate of drug-likeness (QED) is 0.903. The Morgan fingerprint density at radius 2 is 2.36 bits per heavy atom. The number of hydrogen-bond acceptors (Lipinski definition) is 4. The lowest BCUT2D eigenvalue weighted by molar-refractivity contribution is -0.133. The van der Waals surface area contributed by atoms with Gasteiger partial charge in [0, 0.05) is 37.1 Å². The maximum Gasteiger partial charge on any atom is 0.345 e. The number of aryl methyl sites for hydroxylation is 1. The maximum absolute atomic E-state index is 12.4. The molecule has 7 nitrogen and oxygen atoms in total. The summed E-state index contributed by atoms with van der Waals surface area (Å²) in [5.74, 6) is 0.219. The van der Waals surface area contributed by atoms with Crippen LogP contribution in [0.4, 0.5) is 0 Å². The van der Waals surface area contributed by atoms with Gasteiger partial charge in [-0.1, -0.05) is 0 Å². The third-order valence-electron chi connectivity index (χ3n) is 3.97. The van der Waals surface area contributed by atoms with Gasteiger partial charge in [0.05, 0.1) is 6.20 Å². The second-order valence-corrected chi connectivity index (χ2v) is 5.72. The third-order valence-corrected chi connectivity index (χ3v) is 3.97. The van der Waals surface area contributed by atoms with Gasteiger partial charge in [0.1, 0.15) is 6.54 Å². The zero-order valence-electron chi connectivity index (χ0n) is 12.5. The molecule has 1 amide bonds. The Hall–Kier alpha value is -2.44. The molecule has 1 aliphatic heterocycles. The van der Waals surface area contributed by atoms with Crippen LogP contribution >= 0.6 is 0 Å². The molecule has 0 radical (unpaired) electrons. The Labute approximate surface area is 128 Å². The first kappa shape index (κ1) is 14.5. The van der Waals surface area contributed by atoms with Crippen molar-refractivity contribution in [1.82, 2.24) is 24.6 Å². The van der Waals surface area contributed by atoms with Gasteiger partial charge in [0.2, 0.25) is 5.91 Å². The lowest BCUT2D eigenvalue weighted by Gasteiger charge is -2.32. The van der Waals surface area contributed by atoms with Crippen LogP contribution in [0.1, 0.15) is 30.0 Å². The molecule has 2 aromatic heterocycles. The number of piperidine rings is 1. The van der Waals surface area contributed by atoms with Gasteiger partial charge in [-0.05, 0) is 31.4 Å². The van der Waals surface area contributed by atoms with Gasteiger partial charge in [-0.3, -0.25) is 9.48 Å². The molecular formula is C15H19N5O2. The van der Waals surface area contributed by atoms with E-state index in [-0.39, 0.29) is 24.1 Å². The summed E-state index contributed by atoms with van der Waals surface area (Å²) in [4.78, 5) is 32.0. The molecule has 22 heavy (non-hydrogen) atoms. The predicted octanol–water partition coefficient (Wildman–Crippen LogP) is 0.681. The van der Waals surface area contributed by atoms with Crippen molar-refractivity contribution >= 4 is 5.91 Å². The van der Waals surface area contributed by atoms with Crippen molar-refractivity contribution in [3.63, 3.8) is 0 Å². The lowest BCUT2D eigenvalue weighted by atomic mass is 9.94. The minimum Gasteiger partial charge on any atom is -0.340 e. The topological polar surface area (TPSA) is 83.9 Å². The van der Waals surface area contributed by atoms with E-state index in [1.165, 1.54) is 6.20 Å². The maximum atomic E-state index is 12.4. The highest BCUT2D eigenvalue weighted by atomic mass is 16.2. The van der Waals surface area contributed by atoms with Crippen LogP contribution in [-0.2, 0) is 11.3 Å². The van der Waals surface area contributed by atoms with Crippen molar-refractivity contribution in [3.05, 3.63) is 46.4 Å². The van der Waals surface area contributed by atoms with Crippen molar-refractivity contribution < 1.29 is 4.79 Å². The van der Waals surface area contributed by atoms with Crippen molar-refractivity contribution in [1.29, 1.82) is 0 Å². The van der Waals surface area contributed by atoms with Crippen LogP contribution < -0.4 is 5.69 Å². The Kier molecular flexibility index (Phi) is 4.04. The predicted molar refractivity (Wildman–Crippen MR) is 80.4 cm³/mol. The molecule has 0 bridgehead atoms. The van der Waals surface area contributed by atoms with E-state index in [9.17, 15) is 9.59 Å². The second-order valence-electron chi connectivity index (χ2n) is 5.72. The number of aromatic amines is 1. The first-order valence-corrected chi connectivity index (χ1v) is 7.44. The van der Waals surface area contributed by atoms with Crippen molar-refractivity contribution in [2.75, 3.05) is 13.1 Å². The Bertz CT molecular complexity index is 720. The molecule has 116 valence electrons. The van der Waals surface area contributed by atoms with Gasteiger partial charge in [0.25, 0.3) is 0 Å². The van der Waals surface area contributed by atoms with E-state index < -0.39 is 0 Å². The van der Waals surface area contributed by atoms with Gasteiger partial charge in [-0.2, -0.15) is 5.10 Å². The molecule has 0 aromatic carbocycles. The van der Waals surface area contributed by atoms with E-state index in [1.54, 1.807) is 10.9 Å². The highest BCUT2D eigenvalue weighted by molar-refractivity contribution is 5.76. The van der Waals surface area contributed by atoms with E-state index in [4.69, 9.17) is 0 Å². The van der Waals surface area contributed by atoms with E-state index >= 15 is 0 Å². The molecule has 1 fully saturated rings. The van der Waals surface area contributed by atoms with Crippen LogP contribution in [0.15, 0.2) is 29.5 Å². The molecular weight excluding hydrogens is 282 g/mol. The molecule has 1 aliphatic rings. The SMILES string of the molecule is Cc1cnn(CC(=O)N2CCC[C@H](c3ccnc(=O)[nH]3)C2)c1. The molecule has 7 heteroatoms. The molecule has 2 aromatic rings. The zero-order chi connectivity index (χ0) is 15.5. The number of rotatable bonds is 3. The van der Waals surface area contributed by atoms with Gasteiger partial charge >= 0.3 is 5.69 Å². The average molecular weight is 301 g/mol. The summed E-state index contributed by atoms with van der Waals surface area (Å²) in [5.41, 5.74) is 1.55. The van der Waals surface area contributed by atoms with Crippen LogP contribution in [0.25, 0.3) is 0 Å². The van der Waals surface area contributed by atoms with E-state index in [0.717, 1.165) is 30.6 Å². The fraction of sp³-hybridized carbons (Fsp3) is 0.467. The Balaban J connectivity index is 1.67. The minimum atomic E-state index is -0.340. The molecule has 0 unspecified atom stereocenters. The highest BCUT2D eigenvalue weighted by Crippen LogP contribution is 2.24. The molecule has 3 rings (SSSR count). The fourth-order valence-corrected chi connectivity index (χ4v) is 2.87. The van der Waals surface area contributed by atoms with Crippen LogP contribution in [-0.4, -0.2) is 43.6 Å². The number of likely N-dealkylation sites (tertiary alicyclic amines) is 1. The Morgan fingerprint density at radius 1 is 1.50 bits per heavy atom.